The maximum atomic E-state index is 11.8. The SMILES string of the molecule is Cc1nnsc1C(=O)NC(CN)CC(C)C. The fourth-order valence-corrected chi connectivity index (χ4v) is 2.03. The van der Waals surface area contributed by atoms with Crippen LogP contribution in [0.15, 0.2) is 0 Å². The third-order valence-corrected chi connectivity index (χ3v) is 3.06. The molecule has 1 aromatic heterocycles. The summed E-state index contributed by atoms with van der Waals surface area (Å²) in [7, 11) is 0. The molecule has 1 unspecified atom stereocenters. The van der Waals surface area contributed by atoms with Gasteiger partial charge in [0.05, 0.1) is 5.69 Å². The van der Waals surface area contributed by atoms with E-state index >= 15 is 0 Å². The lowest BCUT2D eigenvalue weighted by Gasteiger charge is -2.18. The third-order valence-electron chi connectivity index (χ3n) is 2.23. The van der Waals surface area contributed by atoms with E-state index in [1.165, 1.54) is 0 Å². The fourth-order valence-electron chi connectivity index (χ4n) is 1.47. The highest BCUT2D eigenvalue weighted by atomic mass is 32.1. The average Bonchev–Trinajstić information content (AvgIpc) is 2.62. The third kappa shape index (κ3) is 3.53. The first-order valence-electron chi connectivity index (χ1n) is 5.34. The molecule has 0 fully saturated rings. The maximum Gasteiger partial charge on any atom is 0.265 e. The molecular weight excluding hydrogens is 224 g/mol. The molecule has 1 atom stereocenters. The Hall–Kier alpha value is -1.01. The van der Waals surface area contributed by atoms with Crippen LogP contribution in [0, 0.1) is 12.8 Å². The highest BCUT2D eigenvalue weighted by Crippen LogP contribution is 2.10. The normalized spacial score (nSPS) is 12.8. The Balaban J connectivity index is 2.59. The number of carbonyl (C=O) groups is 1. The van der Waals surface area contributed by atoms with Crippen LogP contribution in [0.3, 0.4) is 0 Å². The van der Waals surface area contributed by atoms with Gasteiger partial charge in [0.2, 0.25) is 0 Å². The Morgan fingerprint density at radius 1 is 1.56 bits per heavy atom. The van der Waals surface area contributed by atoms with Gasteiger partial charge in [0.15, 0.2) is 0 Å². The molecule has 0 aliphatic heterocycles. The number of aromatic nitrogens is 2. The number of aryl methyl sites for hydroxylation is 1. The van der Waals surface area contributed by atoms with Crippen molar-refractivity contribution in [2.45, 2.75) is 33.2 Å². The van der Waals surface area contributed by atoms with Gasteiger partial charge in [-0.15, -0.1) is 5.10 Å². The van der Waals surface area contributed by atoms with Gasteiger partial charge < -0.3 is 11.1 Å². The molecule has 5 nitrogen and oxygen atoms in total. The Morgan fingerprint density at radius 3 is 2.69 bits per heavy atom. The molecule has 0 aliphatic carbocycles. The van der Waals surface area contributed by atoms with Crippen molar-refractivity contribution in [1.29, 1.82) is 0 Å². The van der Waals surface area contributed by atoms with Crippen LogP contribution >= 0.6 is 11.5 Å². The predicted octanol–water partition coefficient (Wildman–Crippen LogP) is 0.950. The zero-order valence-corrected chi connectivity index (χ0v) is 10.7. The van der Waals surface area contributed by atoms with Crippen LogP contribution < -0.4 is 11.1 Å². The van der Waals surface area contributed by atoms with Crippen molar-refractivity contribution in [2.24, 2.45) is 11.7 Å². The molecule has 1 aromatic rings. The molecule has 0 spiro atoms. The highest BCUT2D eigenvalue weighted by Gasteiger charge is 2.17. The minimum atomic E-state index is -0.122. The summed E-state index contributed by atoms with van der Waals surface area (Å²) >= 11 is 1.12. The van der Waals surface area contributed by atoms with E-state index in [9.17, 15) is 4.79 Å². The summed E-state index contributed by atoms with van der Waals surface area (Å²) in [4.78, 5) is 12.4. The van der Waals surface area contributed by atoms with Crippen molar-refractivity contribution in [3.05, 3.63) is 10.6 Å². The number of rotatable bonds is 5. The van der Waals surface area contributed by atoms with Crippen molar-refractivity contribution >= 4 is 17.4 Å². The summed E-state index contributed by atoms with van der Waals surface area (Å²) in [6.45, 7) is 6.44. The lowest BCUT2D eigenvalue weighted by atomic mass is 10.0. The van der Waals surface area contributed by atoms with E-state index in [0.717, 1.165) is 18.0 Å². The zero-order chi connectivity index (χ0) is 12.1. The smallest absolute Gasteiger partial charge is 0.265 e. The van der Waals surface area contributed by atoms with Crippen LogP contribution in [0.4, 0.5) is 0 Å². The van der Waals surface area contributed by atoms with Gasteiger partial charge in [-0.2, -0.15) is 0 Å². The van der Waals surface area contributed by atoms with Crippen molar-refractivity contribution < 1.29 is 4.79 Å². The molecule has 16 heavy (non-hydrogen) atoms. The van der Waals surface area contributed by atoms with E-state index in [0.29, 0.717) is 23.0 Å². The van der Waals surface area contributed by atoms with E-state index in [1.807, 2.05) is 0 Å². The molecule has 0 radical (unpaired) electrons. The monoisotopic (exact) mass is 242 g/mol. The van der Waals surface area contributed by atoms with Gasteiger partial charge in [0, 0.05) is 12.6 Å². The van der Waals surface area contributed by atoms with E-state index < -0.39 is 0 Å². The second-order valence-corrected chi connectivity index (χ2v) is 4.98. The second kappa shape index (κ2) is 5.91. The van der Waals surface area contributed by atoms with E-state index in [-0.39, 0.29) is 11.9 Å². The Bertz CT molecular complexity index is 350. The van der Waals surface area contributed by atoms with Gasteiger partial charge >= 0.3 is 0 Å². The minimum Gasteiger partial charge on any atom is -0.347 e. The first-order chi connectivity index (χ1) is 7.54. The van der Waals surface area contributed by atoms with Crippen LogP contribution in [0.1, 0.15) is 35.6 Å². The molecule has 0 saturated heterocycles. The van der Waals surface area contributed by atoms with Crippen LogP contribution in [0.25, 0.3) is 0 Å². The van der Waals surface area contributed by atoms with E-state index in [1.54, 1.807) is 6.92 Å². The van der Waals surface area contributed by atoms with Gasteiger partial charge in [-0.25, -0.2) is 0 Å². The number of hydrogen-bond acceptors (Lipinski definition) is 5. The molecule has 0 aromatic carbocycles. The zero-order valence-electron chi connectivity index (χ0n) is 9.86. The Kier molecular flexibility index (Phi) is 4.82. The van der Waals surface area contributed by atoms with Gasteiger partial charge in [-0.05, 0) is 30.8 Å². The van der Waals surface area contributed by atoms with E-state index in [4.69, 9.17) is 5.73 Å². The van der Waals surface area contributed by atoms with Crippen LogP contribution in [0.2, 0.25) is 0 Å². The molecule has 1 rings (SSSR count). The van der Waals surface area contributed by atoms with Crippen molar-refractivity contribution in [3.8, 4) is 0 Å². The summed E-state index contributed by atoms with van der Waals surface area (Å²) in [5, 5.41) is 6.72. The summed E-state index contributed by atoms with van der Waals surface area (Å²) in [5.74, 6) is 0.387. The topological polar surface area (TPSA) is 80.9 Å². The summed E-state index contributed by atoms with van der Waals surface area (Å²) in [6, 6.07) is 0.0222. The van der Waals surface area contributed by atoms with Crippen molar-refractivity contribution in [1.82, 2.24) is 14.9 Å². The van der Waals surface area contributed by atoms with Crippen molar-refractivity contribution in [3.63, 3.8) is 0 Å². The summed E-state index contributed by atoms with van der Waals surface area (Å²) < 4.78 is 3.74. The van der Waals surface area contributed by atoms with E-state index in [2.05, 4.69) is 28.8 Å². The molecule has 1 amide bonds. The second-order valence-electron chi connectivity index (χ2n) is 4.22. The standard InChI is InChI=1S/C10H18N4OS/c1-6(2)4-8(5-11)12-10(15)9-7(3)13-14-16-9/h6,8H,4-5,11H2,1-3H3,(H,12,15). The number of carbonyl (C=O) groups excluding carboxylic acids is 1. The fraction of sp³-hybridized carbons (Fsp3) is 0.700. The predicted molar refractivity (Wildman–Crippen MR) is 64.4 cm³/mol. The first kappa shape index (κ1) is 13.1. The summed E-state index contributed by atoms with van der Waals surface area (Å²) in [6.07, 6.45) is 0.882. The number of nitrogens with one attached hydrogen (secondary N) is 1. The highest BCUT2D eigenvalue weighted by molar-refractivity contribution is 7.07. The lowest BCUT2D eigenvalue weighted by molar-refractivity contribution is 0.0937. The first-order valence-corrected chi connectivity index (χ1v) is 6.11. The van der Waals surface area contributed by atoms with Gasteiger partial charge in [0.25, 0.3) is 5.91 Å². The number of nitrogens with two attached hydrogens (primary N) is 1. The quantitative estimate of drug-likeness (QED) is 0.805. The molecule has 0 bridgehead atoms. The molecule has 1 heterocycles. The molecule has 6 heteroatoms. The number of hydrogen-bond donors (Lipinski definition) is 2. The molecular formula is C10H18N4OS. The van der Waals surface area contributed by atoms with Crippen LogP contribution in [0.5, 0.6) is 0 Å². The number of amides is 1. The van der Waals surface area contributed by atoms with Gasteiger partial charge in [-0.1, -0.05) is 18.3 Å². The largest absolute Gasteiger partial charge is 0.347 e. The van der Waals surface area contributed by atoms with Crippen LogP contribution in [-0.4, -0.2) is 28.1 Å². The average molecular weight is 242 g/mol. The molecule has 0 saturated carbocycles. The Labute approximate surface area is 99.6 Å². The van der Waals surface area contributed by atoms with Crippen LogP contribution in [-0.2, 0) is 0 Å². The number of nitrogens with zero attached hydrogens (tertiary/aromatic N) is 2. The summed E-state index contributed by atoms with van der Waals surface area (Å²) in [5.41, 5.74) is 6.29. The molecule has 90 valence electrons. The van der Waals surface area contributed by atoms with Gasteiger partial charge in [0.1, 0.15) is 4.88 Å². The molecule has 0 aliphatic rings. The Morgan fingerprint density at radius 2 is 2.25 bits per heavy atom. The minimum absolute atomic E-state index is 0.0222. The van der Waals surface area contributed by atoms with Crippen molar-refractivity contribution in [2.75, 3.05) is 6.54 Å². The maximum absolute atomic E-state index is 11.8. The molecule has 3 N–H and O–H groups in total. The lowest BCUT2D eigenvalue weighted by Crippen LogP contribution is -2.41. The van der Waals surface area contributed by atoms with Gasteiger partial charge in [-0.3, -0.25) is 4.79 Å².